The van der Waals surface area contributed by atoms with Crippen molar-refractivity contribution < 1.29 is 5.11 Å². The van der Waals surface area contributed by atoms with Crippen LogP contribution < -0.4 is 5.32 Å². The van der Waals surface area contributed by atoms with Gasteiger partial charge in [0.2, 0.25) is 0 Å². The van der Waals surface area contributed by atoms with Crippen LogP contribution in [0.1, 0.15) is 37.8 Å². The standard InChI is InChI=1S/C12H22N4O/c1-16-11(8-14-15-16)7-13-12-6-4-2-3-5-10(12)9-17/h8,10,12-13,17H,2-7,9H2,1H3. The van der Waals surface area contributed by atoms with Gasteiger partial charge in [0.1, 0.15) is 0 Å². The number of rotatable bonds is 4. The molecule has 5 nitrogen and oxygen atoms in total. The molecule has 2 N–H and O–H groups in total. The molecule has 2 rings (SSSR count). The molecule has 0 aliphatic heterocycles. The van der Waals surface area contributed by atoms with Crippen molar-refractivity contribution in [2.24, 2.45) is 13.0 Å². The van der Waals surface area contributed by atoms with Crippen LogP contribution in [0.15, 0.2) is 6.20 Å². The van der Waals surface area contributed by atoms with E-state index in [-0.39, 0.29) is 0 Å². The zero-order chi connectivity index (χ0) is 12.1. The number of nitrogens with zero attached hydrogens (tertiary/aromatic N) is 3. The van der Waals surface area contributed by atoms with Crippen LogP contribution in [0.5, 0.6) is 0 Å². The zero-order valence-electron chi connectivity index (χ0n) is 10.5. The van der Waals surface area contributed by atoms with Crippen LogP contribution in [-0.4, -0.2) is 32.7 Å². The Hall–Kier alpha value is -0.940. The van der Waals surface area contributed by atoms with Crippen LogP contribution in [0.25, 0.3) is 0 Å². The van der Waals surface area contributed by atoms with Gasteiger partial charge in [-0.2, -0.15) is 0 Å². The first-order valence-corrected chi connectivity index (χ1v) is 6.49. The third kappa shape index (κ3) is 3.26. The van der Waals surface area contributed by atoms with E-state index in [4.69, 9.17) is 0 Å². The molecule has 0 radical (unpaired) electrons. The Morgan fingerprint density at radius 3 is 2.94 bits per heavy atom. The normalized spacial score (nSPS) is 25.8. The van der Waals surface area contributed by atoms with E-state index in [1.807, 2.05) is 7.05 Å². The Labute approximate surface area is 102 Å². The second-order valence-corrected chi connectivity index (χ2v) is 4.92. The summed E-state index contributed by atoms with van der Waals surface area (Å²) in [6.45, 7) is 1.08. The maximum absolute atomic E-state index is 9.43. The van der Waals surface area contributed by atoms with E-state index in [2.05, 4.69) is 15.6 Å². The number of aliphatic hydroxyl groups excluding tert-OH is 1. The van der Waals surface area contributed by atoms with Crippen molar-refractivity contribution in [1.29, 1.82) is 0 Å². The minimum absolute atomic E-state index is 0.293. The second-order valence-electron chi connectivity index (χ2n) is 4.92. The van der Waals surface area contributed by atoms with Crippen LogP contribution in [-0.2, 0) is 13.6 Å². The summed E-state index contributed by atoms with van der Waals surface area (Å²) in [6.07, 6.45) is 7.89. The molecule has 0 bridgehead atoms. The van der Waals surface area contributed by atoms with E-state index < -0.39 is 0 Å². The number of nitrogens with one attached hydrogen (secondary N) is 1. The Kier molecular flexibility index (Phi) is 4.50. The molecule has 0 saturated heterocycles. The van der Waals surface area contributed by atoms with Crippen molar-refractivity contribution in [3.8, 4) is 0 Å². The summed E-state index contributed by atoms with van der Waals surface area (Å²) in [5, 5.41) is 20.8. The van der Waals surface area contributed by atoms with Crippen LogP contribution in [0.3, 0.4) is 0 Å². The highest BCUT2D eigenvalue weighted by molar-refractivity contribution is 4.93. The smallest absolute Gasteiger partial charge is 0.0738 e. The molecule has 17 heavy (non-hydrogen) atoms. The number of hydrogen-bond donors (Lipinski definition) is 2. The minimum atomic E-state index is 0.293. The third-order valence-electron chi connectivity index (χ3n) is 3.75. The molecule has 1 aromatic rings. The number of aliphatic hydroxyl groups is 1. The Bertz CT molecular complexity index is 339. The van der Waals surface area contributed by atoms with Gasteiger partial charge in [0.15, 0.2) is 0 Å². The van der Waals surface area contributed by atoms with Crippen LogP contribution in [0.4, 0.5) is 0 Å². The Morgan fingerprint density at radius 1 is 1.41 bits per heavy atom. The van der Waals surface area contributed by atoms with Gasteiger partial charge in [-0.25, -0.2) is 0 Å². The molecule has 2 unspecified atom stereocenters. The lowest BCUT2D eigenvalue weighted by molar-refractivity contribution is 0.180. The molecular weight excluding hydrogens is 216 g/mol. The van der Waals surface area contributed by atoms with E-state index >= 15 is 0 Å². The molecule has 0 amide bonds. The van der Waals surface area contributed by atoms with E-state index in [9.17, 15) is 5.11 Å². The molecule has 1 heterocycles. The van der Waals surface area contributed by atoms with Gasteiger partial charge < -0.3 is 10.4 Å². The van der Waals surface area contributed by atoms with Gasteiger partial charge in [-0.05, 0) is 18.8 Å². The number of aromatic nitrogens is 3. The fraction of sp³-hybridized carbons (Fsp3) is 0.833. The monoisotopic (exact) mass is 238 g/mol. The van der Waals surface area contributed by atoms with Crippen molar-refractivity contribution >= 4 is 0 Å². The molecule has 2 atom stereocenters. The topological polar surface area (TPSA) is 63.0 Å². The minimum Gasteiger partial charge on any atom is -0.396 e. The summed E-state index contributed by atoms with van der Waals surface area (Å²) in [5.41, 5.74) is 1.09. The molecule has 0 spiro atoms. The zero-order valence-corrected chi connectivity index (χ0v) is 10.5. The highest BCUT2D eigenvalue weighted by Gasteiger charge is 2.22. The highest BCUT2D eigenvalue weighted by atomic mass is 16.3. The lowest BCUT2D eigenvalue weighted by Gasteiger charge is -2.24. The van der Waals surface area contributed by atoms with Gasteiger partial charge in [-0.15, -0.1) is 5.10 Å². The maximum Gasteiger partial charge on any atom is 0.0738 e. The summed E-state index contributed by atoms with van der Waals surface area (Å²) in [6, 6.07) is 0.428. The number of aryl methyl sites for hydroxylation is 1. The summed E-state index contributed by atoms with van der Waals surface area (Å²) in [5.74, 6) is 0.402. The average Bonchev–Trinajstić information content (AvgIpc) is 2.63. The Balaban J connectivity index is 1.89. The van der Waals surface area contributed by atoms with Gasteiger partial charge in [-0.1, -0.05) is 24.5 Å². The highest BCUT2D eigenvalue weighted by Crippen LogP contribution is 2.23. The molecule has 1 aliphatic carbocycles. The van der Waals surface area contributed by atoms with E-state index in [0.29, 0.717) is 18.6 Å². The maximum atomic E-state index is 9.43. The largest absolute Gasteiger partial charge is 0.396 e. The summed E-state index contributed by atoms with van der Waals surface area (Å²) >= 11 is 0. The van der Waals surface area contributed by atoms with Gasteiger partial charge in [-0.3, -0.25) is 4.68 Å². The quantitative estimate of drug-likeness (QED) is 0.763. The van der Waals surface area contributed by atoms with Crippen molar-refractivity contribution in [2.75, 3.05) is 6.61 Å². The molecule has 1 saturated carbocycles. The van der Waals surface area contributed by atoms with Gasteiger partial charge in [0, 0.05) is 26.2 Å². The summed E-state index contributed by atoms with van der Waals surface area (Å²) in [7, 11) is 1.90. The van der Waals surface area contributed by atoms with Gasteiger partial charge in [0.25, 0.3) is 0 Å². The summed E-state index contributed by atoms with van der Waals surface area (Å²) in [4.78, 5) is 0. The lowest BCUT2D eigenvalue weighted by Crippen LogP contribution is -2.37. The Morgan fingerprint density at radius 2 is 2.24 bits per heavy atom. The lowest BCUT2D eigenvalue weighted by atomic mass is 9.95. The van der Waals surface area contributed by atoms with Crippen molar-refractivity contribution in [3.63, 3.8) is 0 Å². The third-order valence-corrected chi connectivity index (χ3v) is 3.75. The van der Waals surface area contributed by atoms with Crippen molar-refractivity contribution in [1.82, 2.24) is 20.3 Å². The van der Waals surface area contributed by atoms with Crippen LogP contribution in [0, 0.1) is 5.92 Å². The van der Waals surface area contributed by atoms with Crippen LogP contribution >= 0.6 is 0 Å². The molecule has 0 aromatic carbocycles. The van der Waals surface area contributed by atoms with E-state index in [1.165, 1.54) is 19.3 Å². The molecule has 1 aromatic heterocycles. The molecule has 5 heteroatoms. The predicted molar refractivity (Wildman–Crippen MR) is 65.3 cm³/mol. The molecular formula is C12H22N4O. The first-order chi connectivity index (χ1) is 8.31. The molecule has 96 valence electrons. The fourth-order valence-electron chi connectivity index (χ4n) is 2.58. The SMILES string of the molecule is Cn1nncc1CNC1CCCCCC1CO. The second kappa shape index (κ2) is 6.12. The first-order valence-electron chi connectivity index (χ1n) is 6.49. The average molecular weight is 238 g/mol. The number of hydrogen-bond acceptors (Lipinski definition) is 4. The van der Waals surface area contributed by atoms with Gasteiger partial charge >= 0.3 is 0 Å². The van der Waals surface area contributed by atoms with Crippen LogP contribution in [0.2, 0.25) is 0 Å². The van der Waals surface area contributed by atoms with E-state index in [1.54, 1.807) is 10.9 Å². The summed E-state index contributed by atoms with van der Waals surface area (Å²) < 4.78 is 1.79. The molecule has 1 aliphatic rings. The fourth-order valence-corrected chi connectivity index (χ4v) is 2.58. The first kappa shape index (κ1) is 12.5. The predicted octanol–water partition coefficient (Wildman–Crippen LogP) is 0.846. The van der Waals surface area contributed by atoms with Crippen molar-refractivity contribution in [2.45, 2.75) is 44.7 Å². The molecule has 1 fully saturated rings. The van der Waals surface area contributed by atoms with Crippen molar-refractivity contribution in [3.05, 3.63) is 11.9 Å². The van der Waals surface area contributed by atoms with E-state index in [0.717, 1.165) is 25.1 Å². The van der Waals surface area contributed by atoms with Gasteiger partial charge in [0.05, 0.1) is 11.9 Å².